The number of hydrogen-bond acceptors (Lipinski definition) is 2. The number of anilines is 1. The summed E-state index contributed by atoms with van der Waals surface area (Å²) in [5.41, 5.74) is 1.78. The third kappa shape index (κ3) is 4.63. The van der Waals surface area contributed by atoms with Crippen LogP contribution in [-0.2, 0) is 6.42 Å². The number of aryl methyl sites for hydroxylation is 1. The van der Waals surface area contributed by atoms with Crippen molar-refractivity contribution in [3.05, 3.63) is 29.8 Å². The second kappa shape index (κ2) is 7.88. The first-order valence-corrected chi connectivity index (χ1v) is 8.21. The molecule has 2 amide bonds. The molecule has 1 heterocycles. The smallest absolute Gasteiger partial charge is 0.383 e. The fraction of sp³-hybridized carbons (Fsp3) is 0.588. The van der Waals surface area contributed by atoms with Crippen LogP contribution in [0.3, 0.4) is 0 Å². The summed E-state index contributed by atoms with van der Waals surface area (Å²) in [6.45, 7) is 2.47. The molecule has 4 nitrogen and oxygen atoms in total. The van der Waals surface area contributed by atoms with E-state index in [1.807, 2.05) is 24.3 Å². The Morgan fingerprint density at radius 1 is 1.33 bits per heavy atom. The van der Waals surface area contributed by atoms with Crippen molar-refractivity contribution >= 4 is 11.7 Å². The predicted molar refractivity (Wildman–Crippen MR) is 85.8 cm³/mol. The van der Waals surface area contributed by atoms with Crippen molar-refractivity contribution in [1.29, 1.82) is 0 Å². The molecule has 1 aromatic carbocycles. The van der Waals surface area contributed by atoms with Gasteiger partial charge in [0.2, 0.25) is 0 Å². The molecule has 0 aliphatic carbocycles. The van der Waals surface area contributed by atoms with Gasteiger partial charge in [-0.25, -0.2) is 4.79 Å². The maximum Gasteiger partial charge on any atom is 0.414 e. The molecule has 1 saturated heterocycles. The van der Waals surface area contributed by atoms with Crippen LogP contribution >= 0.6 is 0 Å². The number of alkyl halides is 3. The molecular weight excluding hydrogens is 321 g/mol. The first-order chi connectivity index (χ1) is 11.3. The molecule has 1 fully saturated rings. The molecule has 0 bridgehead atoms. The summed E-state index contributed by atoms with van der Waals surface area (Å²) in [5, 5.41) is 12.2. The van der Waals surface area contributed by atoms with Crippen LogP contribution in [0, 0.1) is 5.92 Å². The lowest BCUT2D eigenvalue weighted by atomic mass is 9.91. The molecule has 134 valence electrons. The minimum absolute atomic E-state index is 0.144. The van der Waals surface area contributed by atoms with E-state index >= 15 is 0 Å². The van der Waals surface area contributed by atoms with Crippen molar-refractivity contribution < 1.29 is 23.1 Å². The van der Waals surface area contributed by atoms with E-state index in [-0.39, 0.29) is 32.0 Å². The minimum Gasteiger partial charge on any atom is -0.383 e. The summed E-state index contributed by atoms with van der Waals surface area (Å²) in [6.07, 6.45) is -4.83. The average Bonchev–Trinajstić information content (AvgIpc) is 2.55. The molecule has 0 aromatic heterocycles. The monoisotopic (exact) mass is 344 g/mol. The highest BCUT2D eigenvalue weighted by Crippen LogP contribution is 2.31. The Labute approximate surface area is 139 Å². The maximum absolute atomic E-state index is 12.6. The van der Waals surface area contributed by atoms with Crippen molar-refractivity contribution in [1.82, 2.24) is 4.90 Å². The van der Waals surface area contributed by atoms with Crippen LogP contribution in [0.2, 0.25) is 0 Å². The molecule has 7 heteroatoms. The number of likely N-dealkylation sites (tertiary alicyclic amines) is 1. The first-order valence-electron chi connectivity index (χ1n) is 8.21. The Balaban J connectivity index is 1.92. The van der Waals surface area contributed by atoms with Crippen LogP contribution in [-0.4, -0.2) is 41.4 Å². The van der Waals surface area contributed by atoms with E-state index in [9.17, 15) is 23.1 Å². The number of amides is 2. The normalized spacial score (nSPS) is 17.6. The van der Waals surface area contributed by atoms with E-state index in [0.29, 0.717) is 0 Å². The number of urea groups is 1. The average molecular weight is 344 g/mol. The quantitative estimate of drug-likeness (QED) is 0.873. The summed E-state index contributed by atoms with van der Waals surface area (Å²) in [6, 6.07) is 7.21. The third-order valence-electron chi connectivity index (χ3n) is 4.39. The van der Waals surface area contributed by atoms with Crippen molar-refractivity contribution in [3.8, 4) is 0 Å². The molecule has 0 spiro atoms. The maximum atomic E-state index is 12.6. The zero-order valence-electron chi connectivity index (χ0n) is 13.6. The van der Waals surface area contributed by atoms with Crippen LogP contribution in [0.1, 0.15) is 31.7 Å². The van der Waals surface area contributed by atoms with Gasteiger partial charge in [-0.05, 0) is 36.8 Å². The fourth-order valence-corrected chi connectivity index (χ4v) is 3.01. The molecule has 1 aliphatic heterocycles. The molecule has 0 radical (unpaired) electrons. The fourth-order valence-electron chi connectivity index (χ4n) is 3.01. The van der Waals surface area contributed by atoms with Gasteiger partial charge >= 0.3 is 12.2 Å². The molecule has 2 N–H and O–H groups in total. The molecular formula is C17H23F3N2O2. The number of aliphatic hydroxyl groups is 1. The standard InChI is InChI=1S/C17H23F3N2O2/c1-2-5-12-6-3-4-7-14(12)21-16(24)22-10-8-13(9-11-22)15(23)17(18,19)20/h3-4,6-7,13,15,23H,2,5,8-11H2,1H3,(H,21,24). The van der Waals surface area contributed by atoms with E-state index in [2.05, 4.69) is 12.2 Å². The van der Waals surface area contributed by atoms with Crippen LogP contribution in [0.15, 0.2) is 24.3 Å². The van der Waals surface area contributed by atoms with E-state index in [4.69, 9.17) is 0 Å². The highest BCUT2D eigenvalue weighted by molar-refractivity contribution is 5.90. The van der Waals surface area contributed by atoms with Crippen LogP contribution < -0.4 is 5.32 Å². The lowest BCUT2D eigenvalue weighted by Crippen LogP contribution is -2.46. The predicted octanol–water partition coefficient (Wildman–Crippen LogP) is 3.81. The van der Waals surface area contributed by atoms with Crippen molar-refractivity contribution in [2.45, 2.75) is 44.9 Å². The van der Waals surface area contributed by atoms with Gasteiger partial charge in [0, 0.05) is 18.8 Å². The summed E-state index contributed by atoms with van der Waals surface area (Å²) in [4.78, 5) is 13.8. The lowest BCUT2D eigenvalue weighted by molar-refractivity contribution is -0.222. The number of para-hydroxylation sites is 1. The third-order valence-corrected chi connectivity index (χ3v) is 4.39. The van der Waals surface area contributed by atoms with E-state index in [1.165, 1.54) is 4.90 Å². The van der Waals surface area contributed by atoms with Gasteiger partial charge in [0.05, 0.1) is 0 Å². The van der Waals surface area contributed by atoms with E-state index in [0.717, 1.165) is 24.1 Å². The van der Waals surface area contributed by atoms with Gasteiger partial charge < -0.3 is 15.3 Å². The number of carbonyl (C=O) groups excluding carboxylic acids is 1. The number of aliphatic hydroxyl groups excluding tert-OH is 1. The number of halogens is 3. The Morgan fingerprint density at radius 3 is 2.54 bits per heavy atom. The summed E-state index contributed by atoms with van der Waals surface area (Å²) >= 11 is 0. The van der Waals surface area contributed by atoms with E-state index < -0.39 is 18.2 Å². The van der Waals surface area contributed by atoms with Crippen LogP contribution in [0.4, 0.5) is 23.7 Å². The highest BCUT2D eigenvalue weighted by Gasteiger charge is 2.44. The molecule has 1 unspecified atom stereocenters. The Morgan fingerprint density at radius 2 is 1.96 bits per heavy atom. The summed E-state index contributed by atoms with van der Waals surface area (Å²) in [7, 11) is 0. The molecule has 1 aliphatic rings. The summed E-state index contributed by atoms with van der Waals surface area (Å²) in [5.74, 6) is -0.846. The molecule has 1 atom stereocenters. The number of hydrogen-bond donors (Lipinski definition) is 2. The number of piperidine rings is 1. The van der Waals surface area contributed by atoms with Crippen LogP contribution in [0.5, 0.6) is 0 Å². The molecule has 2 rings (SSSR count). The van der Waals surface area contributed by atoms with Gasteiger partial charge in [-0.1, -0.05) is 31.5 Å². The first kappa shape index (κ1) is 18.6. The van der Waals surface area contributed by atoms with Crippen molar-refractivity contribution in [2.24, 2.45) is 5.92 Å². The number of rotatable bonds is 4. The molecule has 0 saturated carbocycles. The van der Waals surface area contributed by atoms with Gasteiger partial charge in [-0.2, -0.15) is 13.2 Å². The van der Waals surface area contributed by atoms with Crippen molar-refractivity contribution in [2.75, 3.05) is 18.4 Å². The SMILES string of the molecule is CCCc1ccccc1NC(=O)N1CCC(C(O)C(F)(F)F)CC1. The molecule has 24 heavy (non-hydrogen) atoms. The highest BCUT2D eigenvalue weighted by atomic mass is 19.4. The van der Waals surface area contributed by atoms with Gasteiger partial charge in [-0.3, -0.25) is 0 Å². The topological polar surface area (TPSA) is 52.6 Å². The number of benzene rings is 1. The van der Waals surface area contributed by atoms with Gasteiger partial charge in [0.15, 0.2) is 6.10 Å². The number of carbonyl (C=O) groups is 1. The summed E-state index contributed by atoms with van der Waals surface area (Å²) < 4.78 is 37.7. The van der Waals surface area contributed by atoms with Crippen LogP contribution in [0.25, 0.3) is 0 Å². The van der Waals surface area contributed by atoms with Gasteiger partial charge in [-0.15, -0.1) is 0 Å². The Kier molecular flexibility index (Phi) is 6.10. The van der Waals surface area contributed by atoms with Gasteiger partial charge in [0.25, 0.3) is 0 Å². The molecule has 1 aromatic rings. The van der Waals surface area contributed by atoms with Crippen molar-refractivity contribution in [3.63, 3.8) is 0 Å². The van der Waals surface area contributed by atoms with E-state index in [1.54, 1.807) is 0 Å². The zero-order chi connectivity index (χ0) is 17.7. The second-order valence-corrected chi connectivity index (χ2v) is 6.15. The minimum atomic E-state index is -4.60. The number of nitrogens with one attached hydrogen (secondary N) is 1. The second-order valence-electron chi connectivity index (χ2n) is 6.15. The largest absolute Gasteiger partial charge is 0.414 e. The Hall–Kier alpha value is -1.76. The number of nitrogens with zero attached hydrogens (tertiary/aromatic N) is 1. The van der Waals surface area contributed by atoms with Gasteiger partial charge in [0.1, 0.15) is 0 Å². The Bertz CT molecular complexity index is 555. The lowest BCUT2D eigenvalue weighted by Gasteiger charge is -2.34. The zero-order valence-corrected chi connectivity index (χ0v) is 13.6.